The highest BCUT2D eigenvalue weighted by atomic mass is 16.4. The van der Waals surface area contributed by atoms with Crippen molar-refractivity contribution >= 4 is 11.9 Å². The van der Waals surface area contributed by atoms with Gasteiger partial charge in [0, 0.05) is 6.92 Å². The van der Waals surface area contributed by atoms with Gasteiger partial charge in [-0.1, -0.05) is 6.92 Å². The van der Waals surface area contributed by atoms with Gasteiger partial charge < -0.3 is 15.3 Å². The second-order valence-corrected chi connectivity index (χ2v) is 1.78. The quantitative estimate of drug-likeness (QED) is 0.531. The molecule has 5 heteroatoms. The molecule has 0 saturated carbocycles. The smallest absolute Gasteiger partial charge is 0.332 e. The van der Waals surface area contributed by atoms with E-state index < -0.39 is 18.0 Å². The normalized spacial score (nSPS) is 10.8. The molecule has 0 bridgehead atoms. The molecule has 0 aliphatic carbocycles. The average Bonchev–Trinajstić information content (AvgIpc) is 1.85. The maximum atomic E-state index is 9.68. The summed E-state index contributed by atoms with van der Waals surface area (Å²) in [6, 6.07) is 0. The van der Waals surface area contributed by atoms with Gasteiger partial charge in [0.05, 0.1) is 0 Å². The van der Waals surface area contributed by atoms with Gasteiger partial charge in [-0.3, -0.25) is 4.79 Å². The van der Waals surface area contributed by atoms with Crippen molar-refractivity contribution in [3.63, 3.8) is 0 Å². The molecule has 0 saturated heterocycles. The highest BCUT2D eigenvalue weighted by Crippen LogP contribution is 1.86. The van der Waals surface area contributed by atoms with Crippen molar-refractivity contribution in [2.24, 2.45) is 0 Å². The third-order valence-electron chi connectivity index (χ3n) is 0.672. The first-order chi connectivity index (χ1) is 4.91. The van der Waals surface area contributed by atoms with Crippen LogP contribution in [0.15, 0.2) is 0 Å². The summed E-state index contributed by atoms with van der Waals surface area (Å²) in [5.41, 5.74) is 0. The molecule has 0 aromatic carbocycles. The fourth-order valence-electron chi connectivity index (χ4n) is 0.175. The monoisotopic (exact) mass is 164 g/mol. The Morgan fingerprint density at radius 1 is 1.36 bits per heavy atom. The molecule has 0 fully saturated rings. The van der Waals surface area contributed by atoms with Crippen molar-refractivity contribution in [3.8, 4) is 0 Å². The largest absolute Gasteiger partial charge is 0.481 e. The van der Waals surface area contributed by atoms with Crippen molar-refractivity contribution in [1.82, 2.24) is 0 Å². The molecule has 0 rings (SSSR count). The third kappa shape index (κ3) is 17.6. The highest BCUT2D eigenvalue weighted by molar-refractivity contribution is 5.71. The molecule has 0 aromatic heterocycles. The van der Waals surface area contributed by atoms with Crippen LogP contribution in [0.5, 0.6) is 0 Å². The van der Waals surface area contributed by atoms with E-state index in [0.717, 1.165) is 6.92 Å². The minimum Gasteiger partial charge on any atom is -0.481 e. The van der Waals surface area contributed by atoms with Crippen LogP contribution >= 0.6 is 0 Å². The fraction of sp³-hybridized carbons (Fsp3) is 0.667. The minimum absolute atomic E-state index is 0.273. The number of hydrogen-bond acceptors (Lipinski definition) is 3. The number of carbonyl (C=O) groups is 2. The third-order valence-corrected chi connectivity index (χ3v) is 0.672. The van der Waals surface area contributed by atoms with E-state index in [9.17, 15) is 4.79 Å². The van der Waals surface area contributed by atoms with Gasteiger partial charge in [-0.25, -0.2) is 4.79 Å². The SMILES string of the molecule is CC(=O)O.CCC(O)C(=O)O. The number of aliphatic hydroxyl groups excluding tert-OH is 1. The molecule has 3 N–H and O–H groups in total. The van der Waals surface area contributed by atoms with Crippen molar-refractivity contribution in [3.05, 3.63) is 0 Å². The van der Waals surface area contributed by atoms with Crippen LogP contribution in [-0.4, -0.2) is 33.4 Å². The zero-order chi connectivity index (χ0) is 9.44. The van der Waals surface area contributed by atoms with E-state index in [0.29, 0.717) is 0 Å². The summed E-state index contributed by atoms with van der Waals surface area (Å²) in [4.78, 5) is 18.7. The molecular weight excluding hydrogens is 152 g/mol. The van der Waals surface area contributed by atoms with E-state index in [-0.39, 0.29) is 6.42 Å². The van der Waals surface area contributed by atoms with Crippen LogP contribution in [0.1, 0.15) is 20.3 Å². The standard InChI is InChI=1S/C4H8O3.C2H4O2/c1-2-3(5)4(6)7;1-2(3)4/h3,5H,2H2,1H3,(H,6,7);1H3,(H,3,4). The molecule has 0 radical (unpaired) electrons. The summed E-state index contributed by atoms with van der Waals surface area (Å²) in [6.45, 7) is 2.69. The Labute approximate surface area is 64.3 Å². The van der Waals surface area contributed by atoms with Crippen molar-refractivity contribution < 1.29 is 24.9 Å². The zero-order valence-corrected chi connectivity index (χ0v) is 6.44. The lowest BCUT2D eigenvalue weighted by molar-refractivity contribution is -0.146. The molecule has 66 valence electrons. The molecule has 0 aliphatic rings. The molecule has 0 amide bonds. The topological polar surface area (TPSA) is 94.8 Å². The zero-order valence-electron chi connectivity index (χ0n) is 6.44. The van der Waals surface area contributed by atoms with Gasteiger partial charge in [0.15, 0.2) is 6.10 Å². The van der Waals surface area contributed by atoms with Gasteiger partial charge in [0.2, 0.25) is 0 Å². The van der Waals surface area contributed by atoms with Crippen molar-refractivity contribution in [2.75, 3.05) is 0 Å². The number of carboxylic acids is 2. The molecule has 11 heavy (non-hydrogen) atoms. The average molecular weight is 164 g/mol. The summed E-state index contributed by atoms with van der Waals surface area (Å²) in [5.74, 6) is -1.98. The van der Waals surface area contributed by atoms with Gasteiger partial charge >= 0.3 is 5.97 Å². The van der Waals surface area contributed by atoms with Crippen LogP contribution in [0.4, 0.5) is 0 Å². The Morgan fingerprint density at radius 3 is 1.64 bits per heavy atom. The van der Waals surface area contributed by atoms with Gasteiger partial charge in [-0.05, 0) is 6.42 Å². The Kier molecular flexibility index (Phi) is 8.01. The predicted molar refractivity (Wildman–Crippen MR) is 37.2 cm³/mol. The minimum atomic E-state index is -1.18. The molecule has 1 unspecified atom stereocenters. The van der Waals surface area contributed by atoms with E-state index >= 15 is 0 Å². The summed E-state index contributed by atoms with van der Waals surface area (Å²) in [6.07, 6.45) is -0.907. The van der Waals surface area contributed by atoms with Gasteiger partial charge in [0.1, 0.15) is 0 Å². The Bertz CT molecular complexity index is 127. The molecule has 0 heterocycles. The van der Waals surface area contributed by atoms with Crippen LogP contribution in [0, 0.1) is 0 Å². The number of rotatable bonds is 2. The van der Waals surface area contributed by atoms with Gasteiger partial charge in [-0.15, -0.1) is 0 Å². The first-order valence-electron chi connectivity index (χ1n) is 3.02. The maximum Gasteiger partial charge on any atom is 0.332 e. The lowest BCUT2D eigenvalue weighted by atomic mass is 10.3. The first-order valence-corrected chi connectivity index (χ1v) is 3.02. The van der Waals surface area contributed by atoms with E-state index in [2.05, 4.69) is 0 Å². The highest BCUT2D eigenvalue weighted by Gasteiger charge is 2.07. The van der Waals surface area contributed by atoms with Crippen molar-refractivity contribution in [1.29, 1.82) is 0 Å². The van der Waals surface area contributed by atoms with Crippen LogP contribution in [0.3, 0.4) is 0 Å². The fourth-order valence-corrected chi connectivity index (χ4v) is 0.175. The molecule has 0 spiro atoms. The summed E-state index contributed by atoms with van der Waals surface area (Å²) in [5, 5.41) is 23.7. The Morgan fingerprint density at radius 2 is 1.64 bits per heavy atom. The van der Waals surface area contributed by atoms with Gasteiger partial charge in [-0.2, -0.15) is 0 Å². The Balaban J connectivity index is 0. The lowest BCUT2D eigenvalue weighted by Gasteiger charge is -1.95. The van der Waals surface area contributed by atoms with E-state index in [1.807, 2.05) is 0 Å². The van der Waals surface area contributed by atoms with Crippen LogP contribution in [0.2, 0.25) is 0 Å². The van der Waals surface area contributed by atoms with Crippen LogP contribution < -0.4 is 0 Å². The second-order valence-electron chi connectivity index (χ2n) is 1.78. The number of aliphatic hydroxyl groups is 1. The maximum absolute atomic E-state index is 9.68. The van der Waals surface area contributed by atoms with Crippen molar-refractivity contribution in [2.45, 2.75) is 26.4 Å². The molecule has 0 aliphatic heterocycles. The second kappa shape index (κ2) is 7.01. The number of carboxylic acid groups (broad SMARTS) is 2. The molecule has 5 nitrogen and oxygen atoms in total. The van der Waals surface area contributed by atoms with Crippen LogP contribution in [-0.2, 0) is 9.59 Å². The summed E-state index contributed by atoms with van der Waals surface area (Å²) in [7, 11) is 0. The number of aliphatic carboxylic acids is 2. The van der Waals surface area contributed by atoms with E-state index in [1.54, 1.807) is 6.92 Å². The Hall–Kier alpha value is -1.10. The molecular formula is C6H12O5. The van der Waals surface area contributed by atoms with E-state index in [1.165, 1.54) is 0 Å². The predicted octanol–water partition coefficient (Wildman–Crippen LogP) is -0.0672. The lowest BCUT2D eigenvalue weighted by Crippen LogP contribution is -2.17. The van der Waals surface area contributed by atoms with Crippen LogP contribution in [0.25, 0.3) is 0 Å². The van der Waals surface area contributed by atoms with Gasteiger partial charge in [0.25, 0.3) is 5.97 Å². The molecule has 1 atom stereocenters. The summed E-state index contributed by atoms with van der Waals surface area (Å²) < 4.78 is 0. The number of hydrogen-bond donors (Lipinski definition) is 3. The first kappa shape index (κ1) is 12.6. The summed E-state index contributed by atoms with van der Waals surface area (Å²) >= 11 is 0. The molecule has 0 aromatic rings. The van der Waals surface area contributed by atoms with E-state index in [4.69, 9.17) is 20.1 Å².